The lowest BCUT2D eigenvalue weighted by Crippen LogP contribution is -2.22. The monoisotopic (exact) mass is 258 g/mol. The van der Waals surface area contributed by atoms with Gasteiger partial charge in [-0.15, -0.1) is 0 Å². The lowest BCUT2D eigenvalue weighted by atomic mass is 10.2. The molecule has 17 heavy (non-hydrogen) atoms. The molecule has 0 aliphatic heterocycles. The summed E-state index contributed by atoms with van der Waals surface area (Å²) in [7, 11) is 1.87. The number of anilines is 1. The Hall–Kier alpha value is -1.33. The van der Waals surface area contributed by atoms with Crippen molar-refractivity contribution in [2.45, 2.75) is 6.92 Å². The summed E-state index contributed by atoms with van der Waals surface area (Å²) in [5.41, 5.74) is 0.758. The molecular formula is C11H15ClN2O3. The van der Waals surface area contributed by atoms with Crippen LogP contribution in [0.25, 0.3) is 0 Å². The van der Waals surface area contributed by atoms with Crippen molar-refractivity contribution in [3.05, 3.63) is 33.3 Å². The first-order valence-corrected chi connectivity index (χ1v) is 5.67. The Morgan fingerprint density at radius 2 is 2.24 bits per heavy atom. The fraction of sp³-hybridized carbons (Fsp3) is 0.455. The van der Waals surface area contributed by atoms with Gasteiger partial charge in [-0.05, 0) is 13.0 Å². The number of non-ortho nitro benzene ring substituents is 1. The molecule has 6 heteroatoms. The maximum absolute atomic E-state index is 10.6. The van der Waals surface area contributed by atoms with E-state index in [4.69, 9.17) is 16.3 Å². The van der Waals surface area contributed by atoms with E-state index >= 15 is 0 Å². The molecule has 1 aromatic rings. The number of ether oxygens (including phenoxy) is 1. The Balaban J connectivity index is 2.74. The molecule has 0 bridgehead atoms. The highest BCUT2D eigenvalue weighted by Crippen LogP contribution is 2.28. The van der Waals surface area contributed by atoms with Gasteiger partial charge >= 0.3 is 0 Å². The van der Waals surface area contributed by atoms with E-state index in [-0.39, 0.29) is 5.69 Å². The van der Waals surface area contributed by atoms with Crippen LogP contribution < -0.4 is 4.90 Å². The first-order valence-electron chi connectivity index (χ1n) is 5.29. The zero-order valence-corrected chi connectivity index (χ0v) is 10.6. The number of nitro benzene ring substituents is 1. The van der Waals surface area contributed by atoms with Crippen LogP contribution in [-0.2, 0) is 4.74 Å². The van der Waals surface area contributed by atoms with Gasteiger partial charge in [0.2, 0.25) is 0 Å². The largest absolute Gasteiger partial charge is 0.380 e. The molecule has 0 unspecified atom stereocenters. The Labute approximate surface area is 105 Å². The minimum absolute atomic E-state index is 0.00282. The number of hydrogen-bond donors (Lipinski definition) is 0. The molecule has 0 aliphatic rings. The summed E-state index contributed by atoms with van der Waals surface area (Å²) in [5, 5.41) is 10.9. The van der Waals surface area contributed by atoms with Crippen molar-refractivity contribution in [1.82, 2.24) is 0 Å². The molecule has 0 saturated carbocycles. The second kappa shape index (κ2) is 6.42. The van der Waals surface area contributed by atoms with Crippen LogP contribution >= 0.6 is 11.6 Å². The standard InChI is InChI=1S/C11H15ClN2O3/c1-3-17-7-6-13(2)11-5-4-9(14(15)16)8-10(11)12/h4-5,8H,3,6-7H2,1-2H3. The van der Waals surface area contributed by atoms with E-state index in [1.165, 1.54) is 12.1 Å². The molecule has 1 rings (SSSR count). The maximum Gasteiger partial charge on any atom is 0.271 e. The Bertz CT molecular complexity index is 398. The van der Waals surface area contributed by atoms with Crippen molar-refractivity contribution in [2.24, 2.45) is 0 Å². The fourth-order valence-electron chi connectivity index (χ4n) is 1.39. The van der Waals surface area contributed by atoms with Gasteiger partial charge in [0.15, 0.2) is 0 Å². The number of rotatable bonds is 6. The van der Waals surface area contributed by atoms with E-state index in [1.807, 2.05) is 18.9 Å². The molecular weight excluding hydrogens is 244 g/mol. The fourth-order valence-corrected chi connectivity index (χ4v) is 1.70. The topological polar surface area (TPSA) is 55.6 Å². The Morgan fingerprint density at radius 1 is 1.53 bits per heavy atom. The Morgan fingerprint density at radius 3 is 2.76 bits per heavy atom. The van der Waals surface area contributed by atoms with Crippen LogP contribution in [0.4, 0.5) is 11.4 Å². The summed E-state index contributed by atoms with van der Waals surface area (Å²) in [6.07, 6.45) is 0. The van der Waals surface area contributed by atoms with Gasteiger partial charge in [0, 0.05) is 32.3 Å². The van der Waals surface area contributed by atoms with E-state index < -0.39 is 4.92 Å². The van der Waals surface area contributed by atoms with Crippen molar-refractivity contribution in [3.63, 3.8) is 0 Å². The third-order valence-electron chi connectivity index (χ3n) is 2.33. The van der Waals surface area contributed by atoms with Gasteiger partial charge in [0.25, 0.3) is 5.69 Å². The maximum atomic E-state index is 10.6. The highest BCUT2D eigenvalue weighted by Gasteiger charge is 2.11. The molecule has 0 heterocycles. The normalized spacial score (nSPS) is 10.3. The van der Waals surface area contributed by atoms with E-state index in [1.54, 1.807) is 6.07 Å². The van der Waals surface area contributed by atoms with Gasteiger partial charge in [0.1, 0.15) is 0 Å². The second-order valence-corrected chi connectivity index (χ2v) is 3.92. The van der Waals surface area contributed by atoms with E-state index in [0.717, 1.165) is 5.69 Å². The van der Waals surface area contributed by atoms with E-state index in [2.05, 4.69) is 0 Å². The summed E-state index contributed by atoms with van der Waals surface area (Å²) in [4.78, 5) is 12.0. The number of likely N-dealkylation sites (N-methyl/N-ethyl adjacent to an activating group) is 1. The van der Waals surface area contributed by atoms with Gasteiger partial charge in [0.05, 0.1) is 22.2 Å². The molecule has 0 N–H and O–H groups in total. The van der Waals surface area contributed by atoms with Gasteiger partial charge < -0.3 is 9.64 Å². The summed E-state index contributed by atoms with van der Waals surface area (Å²) in [5.74, 6) is 0. The lowest BCUT2D eigenvalue weighted by molar-refractivity contribution is -0.384. The summed E-state index contributed by atoms with van der Waals surface area (Å²) in [6, 6.07) is 4.44. The average Bonchev–Trinajstić information content (AvgIpc) is 2.28. The molecule has 0 aliphatic carbocycles. The number of halogens is 1. The van der Waals surface area contributed by atoms with Gasteiger partial charge in [-0.3, -0.25) is 10.1 Å². The van der Waals surface area contributed by atoms with Crippen LogP contribution in [0.5, 0.6) is 0 Å². The molecule has 94 valence electrons. The van der Waals surface area contributed by atoms with Crippen molar-refractivity contribution in [1.29, 1.82) is 0 Å². The molecule has 0 saturated heterocycles. The molecule has 0 amide bonds. The van der Waals surface area contributed by atoms with E-state index in [9.17, 15) is 10.1 Å². The highest BCUT2D eigenvalue weighted by molar-refractivity contribution is 6.33. The van der Waals surface area contributed by atoms with Gasteiger partial charge in [-0.1, -0.05) is 11.6 Å². The Kier molecular flexibility index (Phi) is 5.18. The molecule has 0 radical (unpaired) electrons. The van der Waals surface area contributed by atoms with Crippen molar-refractivity contribution >= 4 is 23.0 Å². The number of hydrogen-bond acceptors (Lipinski definition) is 4. The predicted molar refractivity (Wildman–Crippen MR) is 67.9 cm³/mol. The second-order valence-electron chi connectivity index (χ2n) is 3.51. The molecule has 0 atom stereocenters. The lowest BCUT2D eigenvalue weighted by Gasteiger charge is -2.20. The molecule has 5 nitrogen and oxygen atoms in total. The first-order chi connectivity index (χ1) is 8.06. The number of nitrogens with zero attached hydrogens (tertiary/aromatic N) is 2. The zero-order valence-electron chi connectivity index (χ0n) is 9.85. The molecule has 0 spiro atoms. The predicted octanol–water partition coefficient (Wildman–Crippen LogP) is 2.72. The number of benzene rings is 1. The summed E-state index contributed by atoms with van der Waals surface area (Å²) in [6.45, 7) is 3.88. The van der Waals surface area contributed by atoms with Crippen molar-refractivity contribution in [3.8, 4) is 0 Å². The van der Waals surface area contributed by atoms with Crippen LogP contribution in [0, 0.1) is 10.1 Å². The SMILES string of the molecule is CCOCCN(C)c1ccc([N+](=O)[O-])cc1Cl. The highest BCUT2D eigenvalue weighted by atomic mass is 35.5. The van der Waals surface area contributed by atoms with Crippen LogP contribution in [0.15, 0.2) is 18.2 Å². The minimum Gasteiger partial charge on any atom is -0.380 e. The minimum atomic E-state index is -0.462. The molecule has 1 aromatic carbocycles. The average molecular weight is 259 g/mol. The smallest absolute Gasteiger partial charge is 0.271 e. The van der Waals surface area contributed by atoms with Crippen LogP contribution in [0.3, 0.4) is 0 Å². The van der Waals surface area contributed by atoms with Crippen LogP contribution in [0.1, 0.15) is 6.92 Å². The van der Waals surface area contributed by atoms with Crippen molar-refractivity contribution in [2.75, 3.05) is 31.7 Å². The third kappa shape index (κ3) is 3.87. The summed E-state index contributed by atoms with van der Waals surface area (Å²) < 4.78 is 5.23. The van der Waals surface area contributed by atoms with Gasteiger partial charge in [-0.25, -0.2) is 0 Å². The molecule has 0 fully saturated rings. The molecule has 0 aromatic heterocycles. The van der Waals surface area contributed by atoms with E-state index in [0.29, 0.717) is 24.8 Å². The van der Waals surface area contributed by atoms with Crippen LogP contribution in [-0.4, -0.2) is 31.7 Å². The van der Waals surface area contributed by atoms with Crippen molar-refractivity contribution < 1.29 is 9.66 Å². The first kappa shape index (κ1) is 13.7. The third-order valence-corrected chi connectivity index (χ3v) is 2.63. The van der Waals surface area contributed by atoms with Gasteiger partial charge in [-0.2, -0.15) is 0 Å². The zero-order chi connectivity index (χ0) is 12.8. The summed E-state index contributed by atoms with van der Waals surface area (Å²) >= 11 is 5.99. The van der Waals surface area contributed by atoms with Crippen LogP contribution in [0.2, 0.25) is 5.02 Å². The quantitative estimate of drug-likeness (QED) is 0.447. The number of nitro groups is 1.